The molecule has 1 aliphatic heterocycles. The average Bonchev–Trinajstić information content (AvgIpc) is 2.78. The number of aliphatic hydroxyl groups is 1. The molecule has 2 heterocycles. The van der Waals surface area contributed by atoms with Gasteiger partial charge in [-0.25, -0.2) is 4.98 Å². The van der Waals surface area contributed by atoms with Gasteiger partial charge >= 0.3 is 0 Å². The number of anilines is 1. The molecular weight excluding hydrogens is 382 g/mol. The predicted molar refractivity (Wildman–Crippen MR) is 130 cm³/mol. The molecule has 0 radical (unpaired) electrons. The summed E-state index contributed by atoms with van der Waals surface area (Å²) in [5, 5.41) is 12.3. The molecule has 1 aromatic heterocycles. The molecule has 0 unspecified atom stereocenters. The first-order chi connectivity index (χ1) is 14.8. The highest BCUT2D eigenvalue weighted by molar-refractivity contribution is 5.65. The summed E-state index contributed by atoms with van der Waals surface area (Å²) in [7, 11) is 0. The second-order valence-electron chi connectivity index (χ2n) is 10.8. The third-order valence-corrected chi connectivity index (χ3v) is 7.54. The Morgan fingerprint density at radius 2 is 1.71 bits per heavy atom. The van der Waals surface area contributed by atoms with Crippen LogP contribution < -0.4 is 10.2 Å². The molecule has 168 valence electrons. The molecular formula is C27H39N3O. The summed E-state index contributed by atoms with van der Waals surface area (Å²) in [4.78, 5) is 7.51. The van der Waals surface area contributed by atoms with Gasteiger partial charge in [-0.1, -0.05) is 45.9 Å². The van der Waals surface area contributed by atoms with Gasteiger partial charge in [0.1, 0.15) is 5.82 Å². The number of hydrogen-bond acceptors (Lipinski definition) is 4. The van der Waals surface area contributed by atoms with E-state index in [4.69, 9.17) is 10.1 Å². The Bertz CT molecular complexity index is 897. The summed E-state index contributed by atoms with van der Waals surface area (Å²) in [5.41, 5.74) is 5.75. The Labute approximate surface area is 188 Å². The van der Waals surface area contributed by atoms with E-state index in [1.807, 2.05) is 0 Å². The lowest BCUT2D eigenvalue weighted by Crippen LogP contribution is -2.38. The first-order valence-electron chi connectivity index (χ1n) is 12.0. The molecule has 0 amide bonds. The third kappa shape index (κ3) is 4.80. The lowest BCUT2D eigenvalue weighted by atomic mass is 9.63. The molecule has 1 fully saturated rings. The maximum absolute atomic E-state index is 8.95. The van der Waals surface area contributed by atoms with Gasteiger partial charge in [-0.15, -0.1) is 0 Å². The Morgan fingerprint density at radius 1 is 1.00 bits per heavy atom. The Kier molecular flexibility index (Phi) is 6.41. The quantitative estimate of drug-likeness (QED) is 0.652. The van der Waals surface area contributed by atoms with Gasteiger partial charge < -0.3 is 15.3 Å². The predicted octanol–water partition coefficient (Wildman–Crippen LogP) is 4.90. The van der Waals surface area contributed by atoms with E-state index in [-0.39, 0.29) is 17.4 Å². The molecule has 0 saturated carbocycles. The van der Waals surface area contributed by atoms with Crippen LogP contribution in [-0.4, -0.2) is 42.9 Å². The van der Waals surface area contributed by atoms with Crippen LogP contribution in [0.4, 0.5) is 5.82 Å². The number of fused-ring (bicyclic) bond motifs is 1. The highest BCUT2D eigenvalue weighted by Crippen LogP contribution is 2.46. The lowest BCUT2D eigenvalue weighted by Gasteiger charge is -2.42. The van der Waals surface area contributed by atoms with Crippen molar-refractivity contribution in [1.82, 2.24) is 10.3 Å². The average molecular weight is 422 g/mol. The minimum atomic E-state index is 0.213. The summed E-state index contributed by atoms with van der Waals surface area (Å²) in [6.07, 6.45) is 4.82. The number of nitrogens with zero attached hydrogens (tertiary/aromatic N) is 2. The molecule has 1 aliphatic carbocycles. The Balaban J connectivity index is 1.52. The monoisotopic (exact) mass is 421 g/mol. The molecule has 1 aromatic carbocycles. The van der Waals surface area contributed by atoms with E-state index in [0.29, 0.717) is 12.5 Å². The van der Waals surface area contributed by atoms with Crippen molar-refractivity contribution in [2.75, 3.05) is 37.7 Å². The number of rotatable bonds is 6. The molecule has 0 bridgehead atoms. The van der Waals surface area contributed by atoms with Gasteiger partial charge in [0.2, 0.25) is 0 Å². The maximum Gasteiger partial charge on any atom is 0.129 e. The summed E-state index contributed by atoms with van der Waals surface area (Å²) >= 11 is 0. The topological polar surface area (TPSA) is 48.4 Å². The summed E-state index contributed by atoms with van der Waals surface area (Å²) in [5.74, 6) is 1.79. The van der Waals surface area contributed by atoms with Crippen molar-refractivity contribution in [1.29, 1.82) is 0 Å². The minimum absolute atomic E-state index is 0.213. The first kappa shape index (κ1) is 22.3. The Hall–Kier alpha value is -1.91. The standard InChI is InChI=1S/C27H39N3O/c1-26(2)12-13-27(3,4)23-18-21(8-9-22(23)26)24-6-5-7-25(29-24)30-15-10-20(11-16-30)19-28-14-17-31/h5-9,18,20,28,31H,10-17,19H2,1-4H3. The smallest absolute Gasteiger partial charge is 0.129 e. The summed E-state index contributed by atoms with van der Waals surface area (Å²) < 4.78 is 0. The molecule has 0 spiro atoms. The summed E-state index contributed by atoms with van der Waals surface area (Å²) in [6, 6.07) is 13.5. The zero-order valence-corrected chi connectivity index (χ0v) is 19.7. The van der Waals surface area contributed by atoms with Crippen LogP contribution in [0.1, 0.15) is 64.5 Å². The van der Waals surface area contributed by atoms with E-state index in [1.165, 1.54) is 42.4 Å². The molecule has 4 nitrogen and oxygen atoms in total. The van der Waals surface area contributed by atoms with Gasteiger partial charge in [-0.3, -0.25) is 0 Å². The van der Waals surface area contributed by atoms with Crippen molar-refractivity contribution in [3.63, 3.8) is 0 Å². The van der Waals surface area contributed by atoms with Crippen LogP contribution in [0.2, 0.25) is 0 Å². The van der Waals surface area contributed by atoms with E-state index in [0.717, 1.165) is 31.1 Å². The number of aliphatic hydroxyl groups excluding tert-OH is 1. The van der Waals surface area contributed by atoms with Crippen molar-refractivity contribution in [3.05, 3.63) is 47.5 Å². The van der Waals surface area contributed by atoms with Crippen molar-refractivity contribution in [2.45, 2.75) is 64.2 Å². The van der Waals surface area contributed by atoms with Crippen LogP contribution in [0.3, 0.4) is 0 Å². The fourth-order valence-electron chi connectivity index (χ4n) is 5.26. The highest BCUT2D eigenvalue weighted by Gasteiger charge is 2.37. The van der Waals surface area contributed by atoms with E-state index >= 15 is 0 Å². The number of benzene rings is 1. The van der Waals surface area contributed by atoms with Crippen LogP contribution in [0.5, 0.6) is 0 Å². The van der Waals surface area contributed by atoms with Gasteiger partial charge in [0.25, 0.3) is 0 Å². The molecule has 4 heteroatoms. The van der Waals surface area contributed by atoms with Crippen molar-refractivity contribution >= 4 is 5.82 Å². The molecule has 2 N–H and O–H groups in total. The summed E-state index contributed by atoms with van der Waals surface area (Å²) in [6.45, 7) is 13.5. The van der Waals surface area contributed by atoms with E-state index in [2.05, 4.69) is 74.3 Å². The largest absolute Gasteiger partial charge is 0.395 e. The second-order valence-corrected chi connectivity index (χ2v) is 10.8. The lowest BCUT2D eigenvalue weighted by molar-refractivity contribution is 0.283. The number of aromatic nitrogens is 1. The molecule has 2 aliphatic rings. The maximum atomic E-state index is 8.95. The van der Waals surface area contributed by atoms with Gasteiger partial charge in [0, 0.05) is 25.2 Å². The molecule has 1 saturated heterocycles. The zero-order valence-electron chi connectivity index (χ0n) is 19.7. The molecule has 2 aromatic rings. The van der Waals surface area contributed by atoms with Crippen LogP contribution >= 0.6 is 0 Å². The first-order valence-corrected chi connectivity index (χ1v) is 12.0. The Morgan fingerprint density at radius 3 is 2.42 bits per heavy atom. The number of pyridine rings is 1. The molecule has 4 rings (SSSR count). The van der Waals surface area contributed by atoms with E-state index < -0.39 is 0 Å². The van der Waals surface area contributed by atoms with E-state index in [9.17, 15) is 0 Å². The van der Waals surface area contributed by atoms with Gasteiger partial charge in [0.15, 0.2) is 0 Å². The highest BCUT2D eigenvalue weighted by atomic mass is 16.3. The number of nitrogens with one attached hydrogen (secondary N) is 1. The van der Waals surface area contributed by atoms with Crippen LogP contribution in [-0.2, 0) is 10.8 Å². The van der Waals surface area contributed by atoms with Crippen molar-refractivity contribution < 1.29 is 5.11 Å². The van der Waals surface area contributed by atoms with Crippen LogP contribution in [0, 0.1) is 5.92 Å². The number of piperidine rings is 1. The minimum Gasteiger partial charge on any atom is -0.395 e. The van der Waals surface area contributed by atoms with Crippen molar-refractivity contribution in [3.8, 4) is 11.3 Å². The van der Waals surface area contributed by atoms with Gasteiger partial charge in [0.05, 0.1) is 12.3 Å². The van der Waals surface area contributed by atoms with Crippen LogP contribution in [0.15, 0.2) is 36.4 Å². The number of hydrogen-bond donors (Lipinski definition) is 2. The zero-order chi connectivity index (χ0) is 22.1. The normalized spacial score (nSPS) is 20.5. The SMILES string of the molecule is CC1(C)CCC(C)(C)c2cc(-c3cccc(N4CCC(CNCCO)CC4)n3)ccc21. The fraction of sp³-hybridized carbons (Fsp3) is 0.593. The molecule has 31 heavy (non-hydrogen) atoms. The molecule has 0 atom stereocenters. The third-order valence-electron chi connectivity index (χ3n) is 7.54. The van der Waals surface area contributed by atoms with Gasteiger partial charge in [-0.2, -0.15) is 0 Å². The van der Waals surface area contributed by atoms with E-state index in [1.54, 1.807) is 0 Å². The van der Waals surface area contributed by atoms with Crippen LogP contribution in [0.25, 0.3) is 11.3 Å². The van der Waals surface area contributed by atoms with Gasteiger partial charge in [-0.05, 0) is 78.3 Å². The van der Waals surface area contributed by atoms with Crippen molar-refractivity contribution in [2.24, 2.45) is 5.92 Å². The second kappa shape index (κ2) is 8.91. The fourth-order valence-corrected chi connectivity index (χ4v) is 5.26.